The Labute approximate surface area is 153 Å². The molecule has 2 N–H and O–H groups in total. The molecule has 0 spiro atoms. The molecule has 2 aromatic carbocycles. The van der Waals surface area contributed by atoms with E-state index in [-0.39, 0.29) is 12.6 Å². The number of ether oxygens (including phenoxy) is 1. The van der Waals surface area contributed by atoms with Crippen LogP contribution in [0, 0.1) is 5.92 Å². The molecule has 0 saturated carbocycles. The summed E-state index contributed by atoms with van der Waals surface area (Å²) in [6, 6.07) is 16.3. The van der Waals surface area contributed by atoms with Crippen molar-refractivity contribution in [3.8, 4) is 5.75 Å². The Kier molecular flexibility index (Phi) is 6.60. The van der Waals surface area contributed by atoms with Crippen molar-refractivity contribution >= 4 is 12.0 Å². The monoisotopic (exact) mass is 356 g/mol. The zero-order chi connectivity index (χ0) is 19.1. The minimum absolute atomic E-state index is 0.120. The first-order valence-electron chi connectivity index (χ1n) is 8.36. The van der Waals surface area contributed by atoms with Crippen LogP contribution in [0.3, 0.4) is 0 Å². The first-order chi connectivity index (χ1) is 12.4. The molecule has 0 fully saturated rings. The quantitative estimate of drug-likeness (QED) is 0.799. The maximum absolute atomic E-state index is 12.6. The lowest BCUT2D eigenvalue weighted by atomic mass is 9.98. The van der Waals surface area contributed by atoms with Crippen LogP contribution in [0.2, 0.25) is 0 Å². The molecule has 2 atom stereocenters. The van der Waals surface area contributed by atoms with Crippen molar-refractivity contribution in [3.63, 3.8) is 0 Å². The average Bonchev–Trinajstić information content (AvgIpc) is 2.66. The van der Waals surface area contributed by atoms with Crippen LogP contribution in [0.1, 0.15) is 24.1 Å². The summed E-state index contributed by atoms with van der Waals surface area (Å²) >= 11 is 0. The zero-order valence-corrected chi connectivity index (χ0v) is 15.2. The summed E-state index contributed by atoms with van der Waals surface area (Å²) in [6.07, 6.45) is 0. The van der Waals surface area contributed by atoms with Crippen LogP contribution in [-0.4, -0.2) is 42.7 Å². The van der Waals surface area contributed by atoms with Gasteiger partial charge in [0.1, 0.15) is 5.75 Å². The summed E-state index contributed by atoms with van der Waals surface area (Å²) in [4.78, 5) is 25.0. The molecule has 6 heteroatoms. The van der Waals surface area contributed by atoms with Gasteiger partial charge in [-0.3, -0.25) is 4.79 Å². The smallest absolute Gasteiger partial charge is 0.317 e. The largest absolute Gasteiger partial charge is 0.496 e. The van der Waals surface area contributed by atoms with Gasteiger partial charge in [-0.2, -0.15) is 0 Å². The third kappa shape index (κ3) is 4.75. The minimum Gasteiger partial charge on any atom is -0.496 e. The molecule has 6 nitrogen and oxygen atoms in total. The van der Waals surface area contributed by atoms with E-state index in [1.54, 1.807) is 21.1 Å². The third-order valence-corrected chi connectivity index (χ3v) is 4.17. The number of nitrogens with one attached hydrogen (secondary N) is 1. The van der Waals surface area contributed by atoms with Crippen molar-refractivity contribution in [1.29, 1.82) is 0 Å². The van der Waals surface area contributed by atoms with E-state index < -0.39 is 17.9 Å². The topological polar surface area (TPSA) is 78.9 Å². The van der Waals surface area contributed by atoms with Gasteiger partial charge in [-0.25, -0.2) is 4.79 Å². The molecule has 2 unspecified atom stereocenters. The van der Waals surface area contributed by atoms with Gasteiger partial charge in [-0.1, -0.05) is 55.5 Å². The summed E-state index contributed by atoms with van der Waals surface area (Å²) in [5.74, 6) is -0.913. The lowest BCUT2D eigenvalue weighted by molar-refractivity contribution is -0.141. The Morgan fingerprint density at radius 2 is 1.73 bits per heavy atom. The number of urea groups is 1. The first-order valence-corrected chi connectivity index (χ1v) is 8.36. The molecule has 0 radical (unpaired) electrons. The lowest BCUT2D eigenvalue weighted by Gasteiger charge is -2.26. The standard InChI is InChI=1S/C20H24N2O4/c1-14(19(23)24)13-22(2)20(25)21-18(15-9-5-4-6-10-15)16-11-7-8-12-17(16)26-3/h4-12,14,18H,13H2,1-3H3,(H,21,25)(H,23,24). The number of carbonyl (C=O) groups is 2. The number of carboxylic acid groups (broad SMARTS) is 1. The summed E-state index contributed by atoms with van der Waals surface area (Å²) in [7, 11) is 3.17. The molecule has 26 heavy (non-hydrogen) atoms. The molecule has 0 bridgehead atoms. The number of benzene rings is 2. The molecule has 2 rings (SSSR count). The number of carbonyl (C=O) groups excluding carboxylic acids is 1. The van der Waals surface area contributed by atoms with E-state index in [4.69, 9.17) is 9.84 Å². The molecule has 2 aromatic rings. The van der Waals surface area contributed by atoms with Gasteiger partial charge in [0.05, 0.1) is 19.1 Å². The number of carboxylic acids is 1. The van der Waals surface area contributed by atoms with E-state index in [1.807, 2.05) is 54.6 Å². The summed E-state index contributed by atoms with van der Waals surface area (Å²) in [6.45, 7) is 1.69. The summed E-state index contributed by atoms with van der Waals surface area (Å²) < 4.78 is 5.44. The molecular formula is C20H24N2O4. The highest BCUT2D eigenvalue weighted by Crippen LogP contribution is 2.30. The van der Waals surface area contributed by atoms with Crippen molar-refractivity contribution < 1.29 is 19.4 Å². The molecule has 0 aliphatic carbocycles. The fourth-order valence-electron chi connectivity index (χ4n) is 2.70. The highest BCUT2D eigenvalue weighted by atomic mass is 16.5. The number of hydrogen-bond donors (Lipinski definition) is 2. The fourth-order valence-corrected chi connectivity index (χ4v) is 2.70. The third-order valence-electron chi connectivity index (χ3n) is 4.17. The molecule has 2 amide bonds. The van der Waals surface area contributed by atoms with Gasteiger partial charge in [0.25, 0.3) is 0 Å². The Morgan fingerprint density at radius 3 is 2.35 bits per heavy atom. The van der Waals surface area contributed by atoms with Gasteiger partial charge in [-0.05, 0) is 11.6 Å². The number of aliphatic carboxylic acids is 1. The van der Waals surface area contributed by atoms with E-state index in [9.17, 15) is 9.59 Å². The van der Waals surface area contributed by atoms with Crippen LogP contribution in [0.5, 0.6) is 5.75 Å². The fraction of sp³-hybridized carbons (Fsp3) is 0.300. The highest BCUT2D eigenvalue weighted by molar-refractivity contribution is 5.76. The number of nitrogens with zero attached hydrogens (tertiary/aromatic N) is 1. The van der Waals surface area contributed by atoms with Gasteiger partial charge >= 0.3 is 12.0 Å². The Morgan fingerprint density at radius 1 is 1.12 bits per heavy atom. The molecule has 138 valence electrons. The Bertz CT molecular complexity index is 748. The normalized spacial score (nSPS) is 12.7. The number of hydrogen-bond acceptors (Lipinski definition) is 3. The second kappa shape index (κ2) is 8.89. The minimum atomic E-state index is -0.936. The summed E-state index contributed by atoms with van der Waals surface area (Å²) in [5, 5.41) is 12.0. The molecular weight excluding hydrogens is 332 g/mol. The number of para-hydroxylation sites is 1. The van der Waals surface area contributed by atoms with Crippen molar-refractivity contribution in [1.82, 2.24) is 10.2 Å². The van der Waals surface area contributed by atoms with E-state index in [0.717, 1.165) is 11.1 Å². The molecule has 0 saturated heterocycles. The predicted octanol–water partition coefficient (Wildman–Crippen LogP) is 3.15. The zero-order valence-electron chi connectivity index (χ0n) is 15.2. The average molecular weight is 356 g/mol. The van der Waals surface area contributed by atoms with Crippen LogP contribution in [-0.2, 0) is 4.79 Å². The van der Waals surface area contributed by atoms with Crippen LogP contribution >= 0.6 is 0 Å². The second-order valence-electron chi connectivity index (χ2n) is 6.15. The van der Waals surface area contributed by atoms with Gasteiger partial charge in [-0.15, -0.1) is 0 Å². The van der Waals surface area contributed by atoms with Gasteiger partial charge in [0.2, 0.25) is 0 Å². The van der Waals surface area contributed by atoms with Crippen molar-refractivity contribution in [3.05, 3.63) is 65.7 Å². The van der Waals surface area contributed by atoms with Crippen molar-refractivity contribution in [2.24, 2.45) is 5.92 Å². The van der Waals surface area contributed by atoms with Crippen LogP contribution in [0.15, 0.2) is 54.6 Å². The highest BCUT2D eigenvalue weighted by Gasteiger charge is 2.23. The summed E-state index contributed by atoms with van der Waals surface area (Å²) in [5.41, 5.74) is 1.74. The van der Waals surface area contributed by atoms with Crippen LogP contribution in [0.25, 0.3) is 0 Å². The van der Waals surface area contributed by atoms with E-state index in [1.165, 1.54) is 4.90 Å². The van der Waals surface area contributed by atoms with Gasteiger partial charge < -0.3 is 20.1 Å². The van der Waals surface area contributed by atoms with E-state index in [0.29, 0.717) is 5.75 Å². The van der Waals surface area contributed by atoms with Gasteiger partial charge in [0, 0.05) is 19.2 Å². The lowest BCUT2D eigenvalue weighted by Crippen LogP contribution is -2.42. The van der Waals surface area contributed by atoms with Crippen molar-refractivity contribution in [2.75, 3.05) is 20.7 Å². The maximum atomic E-state index is 12.6. The van der Waals surface area contributed by atoms with E-state index in [2.05, 4.69) is 5.32 Å². The van der Waals surface area contributed by atoms with Crippen LogP contribution in [0.4, 0.5) is 4.79 Å². The first kappa shape index (κ1) is 19.3. The number of amides is 2. The molecule has 0 aliphatic rings. The van der Waals surface area contributed by atoms with E-state index >= 15 is 0 Å². The van der Waals surface area contributed by atoms with Crippen LogP contribution < -0.4 is 10.1 Å². The molecule has 0 aliphatic heterocycles. The second-order valence-corrected chi connectivity index (χ2v) is 6.15. The molecule has 0 aromatic heterocycles. The van der Waals surface area contributed by atoms with Gasteiger partial charge in [0.15, 0.2) is 0 Å². The number of methoxy groups -OCH3 is 1. The van der Waals surface area contributed by atoms with Crippen molar-refractivity contribution in [2.45, 2.75) is 13.0 Å². The SMILES string of the molecule is COc1ccccc1C(NC(=O)N(C)CC(C)C(=O)O)c1ccccc1. The number of rotatable bonds is 7. The Balaban J connectivity index is 2.28. The maximum Gasteiger partial charge on any atom is 0.317 e. The molecule has 0 heterocycles. The predicted molar refractivity (Wildman–Crippen MR) is 99.2 cm³/mol. The Hall–Kier alpha value is -3.02.